The minimum Gasteiger partial charge on any atom is -0.476 e. The van der Waals surface area contributed by atoms with Crippen LogP contribution in [0.25, 0.3) is 0 Å². The van der Waals surface area contributed by atoms with Crippen LogP contribution in [0.15, 0.2) is 36.7 Å². The zero-order valence-electron chi connectivity index (χ0n) is 15.6. The lowest BCUT2D eigenvalue weighted by Crippen LogP contribution is -2.51. The largest absolute Gasteiger partial charge is 0.476 e. The molecular weight excluding hydrogens is 358 g/mol. The van der Waals surface area contributed by atoms with Gasteiger partial charge in [-0.1, -0.05) is 18.2 Å². The van der Waals surface area contributed by atoms with E-state index in [2.05, 4.69) is 25.8 Å². The zero-order chi connectivity index (χ0) is 19.5. The third kappa shape index (κ3) is 3.82. The molecular formula is C20H23N5O3. The molecule has 8 heteroatoms. The molecule has 1 amide bonds. The molecule has 0 spiro atoms. The molecule has 1 fully saturated rings. The summed E-state index contributed by atoms with van der Waals surface area (Å²) in [7, 11) is 0. The topological polar surface area (TPSA) is 89.9 Å². The summed E-state index contributed by atoms with van der Waals surface area (Å²) in [6.07, 6.45) is 4.80. The van der Waals surface area contributed by atoms with Crippen molar-refractivity contribution in [2.24, 2.45) is 0 Å². The number of carboxylic acids is 1. The van der Waals surface area contributed by atoms with Crippen molar-refractivity contribution in [3.05, 3.63) is 47.9 Å². The molecule has 0 bridgehead atoms. The first-order valence-electron chi connectivity index (χ1n) is 9.53. The maximum atomic E-state index is 12.9. The Morgan fingerprint density at radius 3 is 2.50 bits per heavy atom. The van der Waals surface area contributed by atoms with Crippen molar-refractivity contribution in [1.82, 2.24) is 14.9 Å². The van der Waals surface area contributed by atoms with Crippen LogP contribution in [-0.4, -0.2) is 71.1 Å². The lowest BCUT2D eigenvalue weighted by molar-refractivity contribution is -0.119. The first kappa shape index (κ1) is 18.4. The Morgan fingerprint density at radius 1 is 1.00 bits per heavy atom. The number of aromatic carboxylic acids is 1. The van der Waals surface area contributed by atoms with Gasteiger partial charge in [-0.05, 0) is 24.5 Å². The number of anilines is 2. The fourth-order valence-corrected chi connectivity index (χ4v) is 3.80. The monoisotopic (exact) mass is 381 g/mol. The fourth-order valence-electron chi connectivity index (χ4n) is 3.80. The molecule has 0 aliphatic carbocycles. The molecule has 0 saturated carbocycles. The van der Waals surface area contributed by atoms with Gasteiger partial charge in [0.05, 0.1) is 18.9 Å². The number of aryl methyl sites for hydroxylation is 1. The molecule has 2 aliphatic heterocycles. The number of hydrogen-bond donors (Lipinski definition) is 1. The van der Waals surface area contributed by atoms with Crippen LogP contribution in [0.3, 0.4) is 0 Å². The van der Waals surface area contributed by atoms with Crippen LogP contribution in [0.4, 0.5) is 11.5 Å². The third-order valence-electron chi connectivity index (χ3n) is 5.32. The van der Waals surface area contributed by atoms with Crippen molar-refractivity contribution < 1.29 is 14.7 Å². The predicted octanol–water partition coefficient (Wildman–Crippen LogP) is 1.28. The lowest BCUT2D eigenvalue weighted by Gasteiger charge is -2.36. The fraction of sp³-hybridized carbons (Fsp3) is 0.400. The first-order chi connectivity index (χ1) is 13.6. The third-order valence-corrected chi connectivity index (χ3v) is 5.32. The number of carbonyl (C=O) groups excluding carboxylic acids is 1. The van der Waals surface area contributed by atoms with Gasteiger partial charge in [0.1, 0.15) is 5.82 Å². The number of amides is 1. The summed E-state index contributed by atoms with van der Waals surface area (Å²) in [6.45, 7) is 4.15. The maximum absolute atomic E-state index is 12.9. The van der Waals surface area contributed by atoms with Gasteiger partial charge >= 0.3 is 5.97 Å². The van der Waals surface area contributed by atoms with E-state index in [1.54, 1.807) is 0 Å². The van der Waals surface area contributed by atoms with Crippen LogP contribution in [-0.2, 0) is 11.2 Å². The number of aromatic nitrogens is 2. The van der Waals surface area contributed by atoms with Crippen LogP contribution in [0.5, 0.6) is 0 Å². The quantitative estimate of drug-likeness (QED) is 0.853. The maximum Gasteiger partial charge on any atom is 0.356 e. The highest BCUT2D eigenvalue weighted by molar-refractivity contribution is 5.96. The van der Waals surface area contributed by atoms with Crippen LogP contribution in [0.2, 0.25) is 0 Å². The number of hydrogen-bond acceptors (Lipinski definition) is 6. The number of benzene rings is 1. The number of piperazine rings is 1. The van der Waals surface area contributed by atoms with Gasteiger partial charge in [-0.15, -0.1) is 0 Å². The van der Waals surface area contributed by atoms with Crippen molar-refractivity contribution in [2.45, 2.75) is 12.8 Å². The summed E-state index contributed by atoms with van der Waals surface area (Å²) in [4.78, 5) is 38.0. The van der Waals surface area contributed by atoms with Crippen LogP contribution in [0, 0.1) is 0 Å². The van der Waals surface area contributed by atoms with E-state index in [9.17, 15) is 9.59 Å². The van der Waals surface area contributed by atoms with E-state index in [4.69, 9.17) is 5.11 Å². The smallest absolute Gasteiger partial charge is 0.356 e. The number of para-hydroxylation sites is 1. The molecule has 1 aromatic carbocycles. The molecule has 2 aromatic rings. The van der Waals surface area contributed by atoms with Gasteiger partial charge in [-0.2, -0.15) is 0 Å². The minimum absolute atomic E-state index is 0.0604. The lowest BCUT2D eigenvalue weighted by atomic mass is 10.0. The molecule has 0 atom stereocenters. The van der Waals surface area contributed by atoms with E-state index in [1.807, 2.05) is 23.1 Å². The van der Waals surface area contributed by atoms with E-state index < -0.39 is 5.97 Å². The predicted molar refractivity (Wildman–Crippen MR) is 105 cm³/mol. The van der Waals surface area contributed by atoms with Gasteiger partial charge in [0.15, 0.2) is 5.69 Å². The molecule has 2 aliphatic rings. The molecule has 1 aromatic heterocycles. The van der Waals surface area contributed by atoms with Gasteiger partial charge in [-0.25, -0.2) is 14.8 Å². The van der Waals surface area contributed by atoms with Gasteiger partial charge in [0.2, 0.25) is 5.91 Å². The average molecular weight is 381 g/mol. The van der Waals surface area contributed by atoms with Gasteiger partial charge < -0.3 is 14.9 Å². The normalized spacial score (nSPS) is 17.3. The molecule has 8 nitrogen and oxygen atoms in total. The van der Waals surface area contributed by atoms with Crippen LogP contribution in [0.1, 0.15) is 22.5 Å². The van der Waals surface area contributed by atoms with E-state index >= 15 is 0 Å². The SMILES string of the molecule is O=C(O)c1cnc(N2CCN(CC(=O)N3CCCc4ccccc43)CC2)cn1. The average Bonchev–Trinajstić information content (AvgIpc) is 2.74. The Hall–Kier alpha value is -3.00. The first-order valence-corrected chi connectivity index (χ1v) is 9.53. The summed E-state index contributed by atoms with van der Waals surface area (Å²) < 4.78 is 0. The van der Waals surface area contributed by atoms with Crippen LogP contribution >= 0.6 is 0 Å². The molecule has 3 heterocycles. The van der Waals surface area contributed by atoms with Crippen molar-refractivity contribution in [1.29, 1.82) is 0 Å². The number of fused-ring (bicyclic) bond motifs is 1. The van der Waals surface area contributed by atoms with Gasteiger partial charge in [0, 0.05) is 38.4 Å². The molecule has 0 unspecified atom stereocenters. The number of carbonyl (C=O) groups is 2. The summed E-state index contributed by atoms with van der Waals surface area (Å²) >= 11 is 0. The standard InChI is InChI=1S/C20H23N5O3/c26-19(25-7-3-5-15-4-1-2-6-17(15)25)14-23-8-10-24(11-9-23)18-13-21-16(12-22-18)20(27)28/h1-2,4,6,12-13H,3,5,7-11,14H2,(H,27,28). The van der Waals surface area contributed by atoms with E-state index in [-0.39, 0.29) is 11.6 Å². The summed E-state index contributed by atoms with van der Waals surface area (Å²) in [6, 6.07) is 8.14. The van der Waals surface area contributed by atoms with E-state index in [1.165, 1.54) is 18.0 Å². The molecule has 146 valence electrons. The second kappa shape index (κ2) is 7.93. The Morgan fingerprint density at radius 2 is 1.79 bits per heavy atom. The summed E-state index contributed by atoms with van der Waals surface area (Å²) in [5.41, 5.74) is 2.23. The van der Waals surface area contributed by atoms with Crippen molar-refractivity contribution >= 4 is 23.4 Å². The Labute approximate surface area is 163 Å². The molecule has 28 heavy (non-hydrogen) atoms. The molecule has 1 N–H and O–H groups in total. The number of nitrogens with zero attached hydrogens (tertiary/aromatic N) is 5. The molecule has 0 radical (unpaired) electrons. The van der Waals surface area contributed by atoms with Gasteiger partial charge in [-0.3, -0.25) is 9.69 Å². The Bertz CT molecular complexity index is 862. The summed E-state index contributed by atoms with van der Waals surface area (Å²) in [5, 5.41) is 8.91. The van der Waals surface area contributed by atoms with Crippen molar-refractivity contribution in [2.75, 3.05) is 49.1 Å². The van der Waals surface area contributed by atoms with E-state index in [0.717, 1.165) is 51.3 Å². The second-order valence-corrected chi connectivity index (χ2v) is 7.11. The highest BCUT2D eigenvalue weighted by atomic mass is 16.4. The summed E-state index contributed by atoms with van der Waals surface area (Å²) in [5.74, 6) is -0.270. The zero-order valence-corrected chi connectivity index (χ0v) is 15.6. The van der Waals surface area contributed by atoms with Crippen molar-refractivity contribution in [3.8, 4) is 0 Å². The minimum atomic E-state index is -1.08. The second-order valence-electron chi connectivity index (χ2n) is 7.11. The van der Waals surface area contributed by atoms with Crippen LogP contribution < -0.4 is 9.80 Å². The number of rotatable bonds is 4. The number of carboxylic acid groups (broad SMARTS) is 1. The highest BCUT2D eigenvalue weighted by Crippen LogP contribution is 2.26. The van der Waals surface area contributed by atoms with Gasteiger partial charge in [0.25, 0.3) is 0 Å². The van der Waals surface area contributed by atoms with Crippen molar-refractivity contribution in [3.63, 3.8) is 0 Å². The molecule has 4 rings (SSSR count). The highest BCUT2D eigenvalue weighted by Gasteiger charge is 2.26. The Kier molecular flexibility index (Phi) is 5.21. The molecule has 1 saturated heterocycles. The Balaban J connectivity index is 1.33. The van der Waals surface area contributed by atoms with E-state index in [0.29, 0.717) is 12.4 Å².